The minimum atomic E-state index is -0.0469. The van der Waals surface area contributed by atoms with Gasteiger partial charge in [-0.15, -0.1) is 0 Å². The molecule has 0 amide bonds. The van der Waals surface area contributed by atoms with Crippen LogP contribution in [0.2, 0.25) is 0 Å². The van der Waals surface area contributed by atoms with Crippen LogP contribution < -0.4 is 27.1 Å². The van der Waals surface area contributed by atoms with Crippen molar-refractivity contribution < 1.29 is 26.0 Å². The molecular weight excluding hydrogens is 551 g/mol. The Kier molecular flexibility index (Phi) is 11.6. The normalized spacial score (nSPS) is 11.6. The molecule has 8 heteroatoms. The summed E-state index contributed by atoms with van der Waals surface area (Å²) in [5.74, 6) is 0. The Bertz CT molecular complexity index is 791. The summed E-state index contributed by atoms with van der Waals surface area (Å²) in [5.41, 5.74) is 13.2. The molecule has 0 saturated heterocycles. The van der Waals surface area contributed by atoms with Crippen molar-refractivity contribution in [1.82, 2.24) is 10.2 Å². The molecule has 0 bridgehead atoms. The van der Waals surface area contributed by atoms with Gasteiger partial charge in [-0.1, -0.05) is 29.8 Å². The molecule has 3 rings (SSSR count). The van der Waals surface area contributed by atoms with Crippen molar-refractivity contribution in [3.8, 4) is 0 Å². The van der Waals surface area contributed by atoms with Gasteiger partial charge < -0.3 is 39.6 Å². The Labute approximate surface area is 187 Å². The van der Waals surface area contributed by atoms with Gasteiger partial charge in [-0.05, 0) is 26.2 Å². The van der Waals surface area contributed by atoms with E-state index in [1.165, 1.54) is 16.5 Å². The van der Waals surface area contributed by atoms with Crippen molar-refractivity contribution in [3.63, 3.8) is 0 Å². The van der Waals surface area contributed by atoms with Crippen LogP contribution in [0.4, 0.5) is 5.69 Å². The maximum atomic E-state index is 5.33. The molecule has 0 radical (unpaired) electrons. The number of nitrogens with one attached hydrogen (secondary N) is 3. The molecule has 0 spiro atoms. The zero-order valence-corrected chi connectivity index (χ0v) is 19.4. The second-order valence-corrected chi connectivity index (χ2v) is 6.66. The second kappa shape index (κ2) is 13.1. The Morgan fingerprint density at radius 1 is 1.00 bits per heavy atom. The smallest absolute Gasteiger partial charge is 0.759 e. The van der Waals surface area contributed by atoms with E-state index in [2.05, 4.69) is 69.0 Å². The van der Waals surface area contributed by atoms with Gasteiger partial charge >= 0.3 is 21.1 Å². The third-order valence-corrected chi connectivity index (χ3v) is 4.84. The van der Waals surface area contributed by atoms with E-state index in [1.807, 2.05) is 14.1 Å². The maximum absolute atomic E-state index is 5.33. The average Bonchev–Trinajstić information content (AvgIpc) is 2.72. The summed E-state index contributed by atoms with van der Waals surface area (Å²) >= 11 is 5.33. The van der Waals surface area contributed by atoms with Crippen molar-refractivity contribution in [1.29, 1.82) is 0 Å². The molecule has 0 fully saturated rings. The number of hydrogen-bond acceptors (Lipinski definition) is 6. The number of aromatic nitrogens is 1. The number of fused-ring (bicyclic) bond motifs is 2. The van der Waals surface area contributed by atoms with E-state index >= 15 is 0 Å². The first-order valence-electron chi connectivity index (χ1n) is 9.12. The Morgan fingerprint density at radius 2 is 1.50 bits per heavy atom. The number of anilines is 1. The Hall–Kier alpha value is -1.21. The van der Waals surface area contributed by atoms with Crippen molar-refractivity contribution in [2.45, 2.75) is 5.50 Å². The number of rotatable bonds is 7. The molecular formula is C20H30N6PtS+2. The van der Waals surface area contributed by atoms with Crippen LogP contribution in [0.1, 0.15) is 0 Å². The predicted molar refractivity (Wildman–Crippen MR) is 117 cm³/mol. The molecule has 7 N–H and O–H groups in total. The Morgan fingerprint density at radius 3 is 1.96 bits per heavy atom. The van der Waals surface area contributed by atoms with Crippen LogP contribution in [-0.4, -0.2) is 50.7 Å². The van der Waals surface area contributed by atoms with E-state index in [-0.39, 0.29) is 26.6 Å². The van der Waals surface area contributed by atoms with E-state index in [9.17, 15) is 0 Å². The van der Waals surface area contributed by atoms with Gasteiger partial charge in [0.15, 0.2) is 0 Å². The number of pyridine rings is 1. The van der Waals surface area contributed by atoms with E-state index in [1.54, 1.807) is 0 Å². The molecule has 154 valence electrons. The van der Waals surface area contributed by atoms with Gasteiger partial charge in [0.1, 0.15) is 0 Å². The topological polar surface area (TPSA) is 93.5 Å². The first kappa shape index (κ1) is 24.8. The molecule has 1 aromatic heterocycles. The van der Waals surface area contributed by atoms with E-state index in [4.69, 9.17) is 24.1 Å². The number of nitrogens with zero attached hydrogens (tertiary/aromatic N) is 1. The molecule has 28 heavy (non-hydrogen) atoms. The van der Waals surface area contributed by atoms with Gasteiger partial charge in [0.25, 0.3) is 0 Å². The van der Waals surface area contributed by atoms with Crippen LogP contribution >= 0.6 is 0 Å². The minimum Gasteiger partial charge on any atom is -0.759 e. The fraction of sp³-hybridized carbons (Fsp3) is 0.350. The first-order valence-corrected chi connectivity index (χ1v) is 9.59. The summed E-state index contributed by atoms with van der Waals surface area (Å²) < 4.78 is 0. The SMILES string of the molecule is CNC([S-])N(C)CCNc1c2ccccc2[nH+]c2ccccc12.NCCN.[Pt+2]. The fourth-order valence-electron chi connectivity index (χ4n) is 2.80. The molecule has 6 nitrogen and oxygen atoms in total. The summed E-state index contributed by atoms with van der Waals surface area (Å²) in [6, 6.07) is 16.8. The van der Waals surface area contributed by atoms with Gasteiger partial charge in [-0.2, -0.15) is 0 Å². The molecule has 1 heterocycles. The van der Waals surface area contributed by atoms with Gasteiger partial charge in [-0.25, -0.2) is 4.98 Å². The maximum Gasteiger partial charge on any atom is 2.00 e. The van der Waals surface area contributed by atoms with Gasteiger partial charge in [0, 0.05) is 38.3 Å². The van der Waals surface area contributed by atoms with Crippen LogP contribution in [0.3, 0.4) is 0 Å². The molecule has 1 unspecified atom stereocenters. The van der Waals surface area contributed by atoms with Crippen LogP contribution in [0, 0.1) is 0 Å². The molecule has 0 aliphatic heterocycles. The average molecular weight is 582 g/mol. The van der Waals surface area contributed by atoms with Crippen molar-refractivity contribution in [2.75, 3.05) is 45.6 Å². The minimum absolute atomic E-state index is 0. The zero-order valence-electron chi connectivity index (χ0n) is 16.4. The van der Waals surface area contributed by atoms with E-state index < -0.39 is 0 Å². The fourth-order valence-corrected chi connectivity index (χ4v) is 2.90. The summed E-state index contributed by atoms with van der Waals surface area (Å²) in [5, 5.41) is 9.10. The summed E-state index contributed by atoms with van der Waals surface area (Å²) in [6.45, 7) is 2.90. The van der Waals surface area contributed by atoms with Crippen molar-refractivity contribution in [3.05, 3.63) is 48.5 Å². The van der Waals surface area contributed by atoms with E-state index in [0.717, 1.165) is 24.1 Å². The van der Waals surface area contributed by atoms with Gasteiger partial charge in [0.05, 0.1) is 16.5 Å². The monoisotopic (exact) mass is 581 g/mol. The number of aromatic amines is 1. The summed E-state index contributed by atoms with van der Waals surface area (Å²) in [6.07, 6.45) is 0. The molecule has 1 atom stereocenters. The summed E-state index contributed by atoms with van der Waals surface area (Å²) in [4.78, 5) is 5.61. The van der Waals surface area contributed by atoms with E-state index in [0.29, 0.717) is 13.1 Å². The zero-order chi connectivity index (χ0) is 19.6. The van der Waals surface area contributed by atoms with Crippen molar-refractivity contribution in [2.24, 2.45) is 11.5 Å². The number of H-pyrrole nitrogens is 1. The van der Waals surface area contributed by atoms with Gasteiger partial charge in [-0.3, -0.25) is 0 Å². The number of benzene rings is 2. The molecule has 3 aromatic rings. The first-order chi connectivity index (χ1) is 13.1. The van der Waals surface area contributed by atoms with Crippen LogP contribution in [0.5, 0.6) is 0 Å². The quantitative estimate of drug-likeness (QED) is 0.190. The Balaban J connectivity index is 0.000000717. The number of nitrogens with two attached hydrogens (primary N) is 2. The van der Waals surface area contributed by atoms with Crippen LogP contribution in [0.15, 0.2) is 48.5 Å². The van der Waals surface area contributed by atoms with Crippen LogP contribution in [0.25, 0.3) is 21.8 Å². The molecule has 2 aromatic carbocycles. The largest absolute Gasteiger partial charge is 2.00 e. The summed E-state index contributed by atoms with van der Waals surface area (Å²) in [7, 11) is 3.92. The molecule has 0 aliphatic rings. The second-order valence-electron chi connectivity index (χ2n) is 6.22. The standard InChI is InChI=1S/C18H22N4S.C2H8N2.Pt/c1-19-18(23)22(2)12-11-20-17-13-7-3-5-9-15(13)21-16-10-6-4-8-14(16)17;3-1-2-4;/h3-10,18-19,23H,11-12H2,1-2H3,(H,20,21);1-4H2;/q;;+2. The molecule has 0 aliphatic carbocycles. The third-order valence-electron chi connectivity index (χ3n) is 4.24. The molecule has 0 saturated carbocycles. The van der Waals surface area contributed by atoms with Gasteiger partial charge in [0.2, 0.25) is 11.0 Å². The number of likely N-dealkylation sites (N-methyl/N-ethyl adjacent to an activating group) is 1. The van der Waals surface area contributed by atoms with Crippen molar-refractivity contribution >= 4 is 40.1 Å². The number of para-hydroxylation sites is 2. The number of hydrogen-bond donors (Lipinski definition) is 4. The predicted octanol–water partition coefficient (Wildman–Crippen LogP) is 1.10. The van der Waals surface area contributed by atoms with Crippen LogP contribution in [-0.2, 0) is 33.7 Å². The third kappa shape index (κ3) is 6.69.